The van der Waals surface area contributed by atoms with Crippen LogP contribution in [-0.4, -0.2) is 22.5 Å². The first-order chi connectivity index (χ1) is 12.2. The number of nitrogens with zero attached hydrogens (tertiary/aromatic N) is 3. The third-order valence-corrected chi connectivity index (χ3v) is 4.83. The molecular weight excluding hydrogens is 463 g/mol. The lowest BCUT2D eigenvalue weighted by Crippen LogP contribution is -2.16. The topological polar surface area (TPSA) is 47.9 Å². The summed E-state index contributed by atoms with van der Waals surface area (Å²) in [5.74, 6) is 0.299. The highest BCUT2D eigenvalue weighted by atomic mass is 35.6. The number of benzene rings is 2. The zero-order chi connectivity index (χ0) is 19.1. The number of methoxy groups -OCH3 is 1. The van der Waals surface area contributed by atoms with E-state index < -0.39 is 7.59 Å². The van der Waals surface area contributed by atoms with Crippen LogP contribution in [0.1, 0.15) is 11.1 Å². The number of alkyl halides is 6. The van der Waals surface area contributed by atoms with Crippen LogP contribution in [0.5, 0.6) is 5.75 Å². The molecule has 136 valence electrons. The third-order valence-electron chi connectivity index (χ3n) is 3.70. The van der Waals surface area contributed by atoms with Crippen molar-refractivity contribution in [3.63, 3.8) is 0 Å². The van der Waals surface area contributed by atoms with E-state index in [0.29, 0.717) is 27.8 Å². The van der Waals surface area contributed by atoms with Gasteiger partial charge in [-0.1, -0.05) is 93.9 Å². The van der Waals surface area contributed by atoms with Crippen LogP contribution in [0.2, 0.25) is 0 Å². The van der Waals surface area contributed by atoms with Crippen molar-refractivity contribution in [3.05, 3.63) is 47.7 Å². The van der Waals surface area contributed by atoms with Gasteiger partial charge in [0, 0.05) is 16.5 Å². The van der Waals surface area contributed by atoms with E-state index in [1.165, 1.54) is 13.3 Å². The highest BCUT2D eigenvalue weighted by molar-refractivity contribution is 6.69. The fourth-order valence-corrected chi connectivity index (χ4v) is 3.92. The van der Waals surface area contributed by atoms with Gasteiger partial charge in [-0.15, -0.1) is 10.2 Å². The molecular formula is C16H9Cl6N3O. The zero-order valence-electron chi connectivity index (χ0n) is 13.0. The molecule has 0 aliphatic carbocycles. The number of halogens is 6. The molecule has 0 unspecified atom stereocenters. The van der Waals surface area contributed by atoms with Crippen LogP contribution in [0.4, 0.5) is 0 Å². The van der Waals surface area contributed by atoms with Gasteiger partial charge < -0.3 is 4.74 Å². The van der Waals surface area contributed by atoms with Crippen molar-refractivity contribution in [1.29, 1.82) is 0 Å². The first-order valence-corrected chi connectivity index (χ1v) is 9.35. The molecule has 0 N–H and O–H groups in total. The molecule has 0 saturated heterocycles. The monoisotopic (exact) mass is 469 g/mol. The number of aromatic nitrogens is 3. The molecule has 0 saturated carbocycles. The fourth-order valence-electron chi connectivity index (χ4n) is 2.81. The van der Waals surface area contributed by atoms with E-state index >= 15 is 0 Å². The highest BCUT2D eigenvalue weighted by Gasteiger charge is 2.41. The predicted molar refractivity (Wildman–Crippen MR) is 108 cm³/mol. The summed E-state index contributed by atoms with van der Waals surface area (Å²) in [6.45, 7) is 0. The fraction of sp³-hybridized carbons (Fsp3) is 0.188. The molecule has 4 nitrogen and oxygen atoms in total. The predicted octanol–water partition coefficient (Wildman–Crippen LogP) is 6.35. The Morgan fingerprint density at radius 3 is 1.96 bits per heavy atom. The largest absolute Gasteiger partial charge is 0.496 e. The van der Waals surface area contributed by atoms with E-state index in [9.17, 15) is 0 Å². The maximum atomic E-state index is 6.29. The SMILES string of the molecule is COc1c(C(Cl)(Cl)Cl)c(C(Cl)(Cl)Cl)c(-c2ccnnn2)c2ccccc12. The van der Waals surface area contributed by atoms with E-state index in [1.54, 1.807) is 6.07 Å². The summed E-state index contributed by atoms with van der Waals surface area (Å²) in [6, 6.07) is 8.93. The Bertz CT molecular complexity index is 954. The standard InChI is InChI=1S/C16H9Cl6N3O/c1-26-14-9-5-3-2-4-8(9)11(10-6-7-23-25-24-10)12(15(17,18)19)13(14)16(20,21)22/h2-7H,1H3. The summed E-state index contributed by atoms with van der Waals surface area (Å²) in [5.41, 5.74) is 1.16. The molecule has 0 amide bonds. The van der Waals surface area contributed by atoms with Gasteiger partial charge >= 0.3 is 0 Å². The van der Waals surface area contributed by atoms with Crippen LogP contribution in [0.15, 0.2) is 36.5 Å². The van der Waals surface area contributed by atoms with E-state index in [4.69, 9.17) is 74.3 Å². The number of hydrogen-bond acceptors (Lipinski definition) is 4. The molecule has 0 radical (unpaired) electrons. The van der Waals surface area contributed by atoms with Gasteiger partial charge in [0.05, 0.1) is 24.6 Å². The lowest BCUT2D eigenvalue weighted by molar-refractivity contribution is 0.415. The molecule has 0 fully saturated rings. The Morgan fingerprint density at radius 2 is 1.46 bits per heavy atom. The van der Waals surface area contributed by atoms with Gasteiger partial charge in [-0.2, -0.15) is 0 Å². The Morgan fingerprint density at radius 1 is 0.846 bits per heavy atom. The molecule has 2 aromatic carbocycles. The smallest absolute Gasteiger partial charge is 0.220 e. The molecule has 0 aliphatic rings. The first-order valence-electron chi connectivity index (χ1n) is 7.08. The normalized spacial score (nSPS) is 12.4. The minimum atomic E-state index is -1.93. The maximum Gasteiger partial charge on any atom is 0.220 e. The van der Waals surface area contributed by atoms with E-state index in [0.717, 1.165) is 0 Å². The van der Waals surface area contributed by atoms with Crippen molar-refractivity contribution in [2.24, 2.45) is 0 Å². The molecule has 1 aromatic heterocycles. The minimum absolute atomic E-state index is 0.123. The summed E-state index contributed by atoms with van der Waals surface area (Å²) in [5, 5.41) is 12.8. The molecule has 0 atom stereocenters. The quantitative estimate of drug-likeness (QED) is 0.408. The number of hydrogen-bond donors (Lipinski definition) is 0. The van der Waals surface area contributed by atoms with Gasteiger partial charge in [-0.25, -0.2) is 0 Å². The van der Waals surface area contributed by atoms with Crippen LogP contribution >= 0.6 is 69.6 Å². The Balaban J connectivity index is 2.64. The van der Waals surface area contributed by atoms with E-state index in [-0.39, 0.29) is 11.1 Å². The molecule has 0 bridgehead atoms. The molecule has 1 heterocycles. The summed E-state index contributed by atoms with van der Waals surface area (Å²) in [4.78, 5) is 0. The Kier molecular flexibility index (Phi) is 5.65. The summed E-state index contributed by atoms with van der Waals surface area (Å²) < 4.78 is 1.67. The van der Waals surface area contributed by atoms with Gasteiger partial charge in [-0.3, -0.25) is 0 Å². The van der Waals surface area contributed by atoms with Crippen molar-refractivity contribution in [2.75, 3.05) is 7.11 Å². The zero-order valence-corrected chi connectivity index (χ0v) is 17.5. The Hall–Kier alpha value is -0.750. The summed E-state index contributed by atoms with van der Waals surface area (Å²) in [6.07, 6.45) is 1.47. The first kappa shape index (κ1) is 20.0. The third kappa shape index (κ3) is 3.64. The lowest BCUT2D eigenvalue weighted by Gasteiger charge is -2.28. The second kappa shape index (κ2) is 7.34. The highest BCUT2D eigenvalue weighted by Crippen LogP contribution is 2.57. The van der Waals surface area contributed by atoms with Gasteiger partial charge in [-0.05, 0) is 16.7 Å². The van der Waals surface area contributed by atoms with E-state index in [1.807, 2.05) is 24.3 Å². The average Bonchev–Trinajstić information content (AvgIpc) is 2.58. The minimum Gasteiger partial charge on any atom is -0.496 e. The lowest BCUT2D eigenvalue weighted by atomic mass is 9.92. The summed E-state index contributed by atoms with van der Waals surface area (Å²) >= 11 is 37.6. The van der Waals surface area contributed by atoms with Crippen molar-refractivity contribution in [2.45, 2.75) is 7.59 Å². The Labute approximate surface area is 179 Å². The second-order valence-corrected chi connectivity index (χ2v) is 9.77. The van der Waals surface area contributed by atoms with Gasteiger partial charge in [0.1, 0.15) is 5.75 Å². The van der Waals surface area contributed by atoms with Crippen molar-refractivity contribution < 1.29 is 4.74 Å². The van der Waals surface area contributed by atoms with Crippen LogP contribution in [0.3, 0.4) is 0 Å². The van der Waals surface area contributed by atoms with Crippen molar-refractivity contribution in [1.82, 2.24) is 15.4 Å². The average molecular weight is 472 g/mol. The molecule has 3 rings (SSSR count). The molecule has 3 aromatic rings. The van der Waals surface area contributed by atoms with Crippen LogP contribution in [0, 0.1) is 0 Å². The van der Waals surface area contributed by atoms with Crippen LogP contribution in [-0.2, 0) is 7.59 Å². The molecule has 0 spiro atoms. The number of fused-ring (bicyclic) bond motifs is 1. The van der Waals surface area contributed by atoms with E-state index in [2.05, 4.69) is 15.4 Å². The number of ether oxygens (including phenoxy) is 1. The van der Waals surface area contributed by atoms with Gasteiger partial charge in [0.25, 0.3) is 0 Å². The molecule has 0 aliphatic heterocycles. The number of rotatable bonds is 2. The second-order valence-electron chi connectivity index (χ2n) is 5.21. The van der Waals surface area contributed by atoms with Crippen molar-refractivity contribution in [3.8, 4) is 17.0 Å². The molecule has 10 heteroatoms. The van der Waals surface area contributed by atoms with Gasteiger partial charge in [0.2, 0.25) is 7.59 Å². The molecule has 26 heavy (non-hydrogen) atoms. The maximum absolute atomic E-state index is 6.29. The van der Waals surface area contributed by atoms with Crippen molar-refractivity contribution >= 4 is 80.4 Å². The van der Waals surface area contributed by atoms with Crippen LogP contribution in [0.25, 0.3) is 22.0 Å². The van der Waals surface area contributed by atoms with Gasteiger partial charge in [0.15, 0.2) is 0 Å². The van der Waals surface area contributed by atoms with Crippen LogP contribution < -0.4 is 4.74 Å². The summed E-state index contributed by atoms with van der Waals surface area (Å²) in [7, 11) is 1.45.